The van der Waals surface area contributed by atoms with Crippen molar-refractivity contribution < 1.29 is 19.0 Å². The van der Waals surface area contributed by atoms with Crippen molar-refractivity contribution in [3.05, 3.63) is 48.5 Å². The first-order chi connectivity index (χ1) is 13.2. The Balaban J connectivity index is 1.69. The zero-order chi connectivity index (χ0) is 19.1. The second-order valence-electron chi connectivity index (χ2n) is 6.16. The molecule has 3 rings (SSSR count). The number of unbranched alkanes of at least 4 members (excludes halogenated alkanes) is 2. The number of para-hydroxylation sites is 1. The van der Waals surface area contributed by atoms with Crippen molar-refractivity contribution in [2.24, 2.45) is 0 Å². The highest BCUT2D eigenvalue weighted by Gasteiger charge is 2.13. The number of esters is 1. The molecule has 142 valence electrons. The molecule has 0 aliphatic carbocycles. The third-order valence-electron chi connectivity index (χ3n) is 4.31. The fourth-order valence-electron chi connectivity index (χ4n) is 2.93. The van der Waals surface area contributed by atoms with E-state index in [1.54, 1.807) is 7.11 Å². The van der Waals surface area contributed by atoms with Gasteiger partial charge in [-0.2, -0.15) is 4.98 Å². The van der Waals surface area contributed by atoms with Crippen LogP contribution in [0.3, 0.4) is 0 Å². The van der Waals surface area contributed by atoms with Crippen molar-refractivity contribution in [1.29, 1.82) is 0 Å². The minimum absolute atomic E-state index is 0.163. The highest BCUT2D eigenvalue weighted by atomic mass is 16.5. The van der Waals surface area contributed by atoms with E-state index >= 15 is 0 Å². The average Bonchev–Trinajstić information content (AvgIpc) is 3.08. The maximum Gasteiger partial charge on any atom is 0.305 e. The molecule has 0 aliphatic heterocycles. The van der Waals surface area contributed by atoms with Crippen LogP contribution in [0.4, 0.5) is 0 Å². The number of fused-ring (bicyclic) bond motifs is 1. The first kappa shape index (κ1) is 18.8. The molecule has 0 spiro atoms. The van der Waals surface area contributed by atoms with E-state index in [0.717, 1.165) is 41.7 Å². The summed E-state index contributed by atoms with van der Waals surface area (Å²) in [6, 6.07) is 16.3. The van der Waals surface area contributed by atoms with E-state index in [1.807, 2.05) is 53.1 Å². The quantitative estimate of drug-likeness (QED) is 0.419. The third-order valence-corrected chi connectivity index (χ3v) is 4.31. The molecule has 1 aromatic heterocycles. The Hall–Kier alpha value is -3.02. The van der Waals surface area contributed by atoms with Crippen LogP contribution >= 0.6 is 0 Å². The molecule has 0 radical (unpaired) electrons. The van der Waals surface area contributed by atoms with Crippen LogP contribution in [-0.4, -0.2) is 36.3 Å². The largest absolute Gasteiger partial charge is 0.494 e. The van der Waals surface area contributed by atoms with Gasteiger partial charge in [0.2, 0.25) is 0 Å². The second kappa shape index (κ2) is 9.07. The van der Waals surface area contributed by atoms with Gasteiger partial charge < -0.3 is 14.2 Å². The number of carbonyl (C=O) groups excluding carboxylic acids is 1. The van der Waals surface area contributed by atoms with Crippen molar-refractivity contribution >= 4 is 17.0 Å². The molecule has 6 nitrogen and oxygen atoms in total. The number of rotatable bonds is 9. The van der Waals surface area contributed by atoms with Gasteiger partial charge in [-0.3, -0.25) is 9.36 Å². The Kier molecular flexibility index (Phi) is 6.30. The van der Waals surface area contributed by atoms with Gasteiger partial charge in [-0.05, 0) is 43.5 Å². The molecule has 27 heavy (non-hydrogen) atoms. The van der Waals surface area contributed by atoms with Gasteiger partial charge >= 0.3 is 12.0 Å². The maximum absolute atomic E-state index is 11.1. The highest BCUT2D eigenvalue weighted by Crippen LogP contribution is 2.29. The molecular weight excluding hydrogens is 344 g/mol. The van der Waals surface area contributed by atoms with Gasteiger partial charge in [0, 0.05) is 12.5 Å². The Bertz CT molecular complexity index is 890. The van der Waals surface area contributed by atoms with Gasteiger partial charge in [-0.1, -0.05) is 18.2 Å². The molecule has 3 aromatic rings. The smallest absolute Gasteiger partial charge is 0.305 e. The normalized spacial score (nSPS) is 10.7. The molecule has 0 saturated heterocycles. The van der Waals surface area contributed by atoms with E-state index < -0.39 is 0 Å². The molecule has 0 bridgehead atoms. The van der Waals surface area contributed by atoms with Gasteiger partial charge in [-0.25, -0.2) is 0 Å². The fourth-order valence-corrected chi connectivity index (χ4v) is 2.93. The molecular formula is C21H24N2O4. The lowest BCUT2D eigenvalue weighted by Crippen LogP contribution is -2.01. The third kappa shape index (κ3) is 4.58. The number of hydrogen-bond acceptors (Lipinski definition) is 5. The van der Waals surface area contributed by atoms with Crippen molar-refractivity contribution in [3.63, 3.8) is 0 Å². The molecule has 0 saturated carbocycles. The van der Waals surface area contributed by atoms with Crippen molar-refractivity contribution in [3.8, 4) is 17.4 Å². The molecule has 6 heteroatoms. The van der Waals surface area contributed by atoms with E-state index in [2.05, 4.69) is 9.72 Å². The topological polar surface area (TPSA) is 62.6 Å². The zero-order valence-electron chi connectivity index (χ0n) is 15.7. The van der Waals surface area contributed by atoms with Crippen LogP contribution in [0.5, 0.6) is 11.8 Å². The van der Waals surface area contributed by atoms with Crippen LogP contribution in [0.1, 0.15) is 25.7 Å². The summed E-state index contributed by atoms with van der Waals surface area (Å²) in [6.07, 6.45) is 3.08. The van der Waals surface area contributed by atoms with E-state index in [9.17, 15) is 4.79 Å². The summed E-state index contributed by atoms with van der Waals surface area (Å²) in [7, 11) is 3.03. The van der Waals surface area contributed by atoms with E-state index in [-0.39, 0.29) is 5.97 Å². The number of hydrogen-bond donors (Lipinski definition) is 0. The number of methoxy groups -OCH3 is 2. The average molecular weight is 368 g/mol. The summed E-state index contributed by atoms with van der Waals surface area (Å²) in [6.45, 7) is 0.600. The number of nitrogens with zero attached hydrogens (tertiary/aromatic N) is 2. The summed E-state index contributed by atoms with van der Waals surface area (Å²) in [4.78, 5) is 15.6. The lowest BCUT2D eigenvalue weighted by atomic mass is 10.2. The van der Waals surface area contributed by atoms with Gasteiger partial charge in [-0.15, -0.1) is 0 Å². The van der Waals surface area contributed by atoms with Crippen LogP contribution < -0.4 is 9.47 Å². The Morgan fingerprint density at radius 2 is 1.85 bits per heavy atom. The fraction of sp³-hybridized carbons (Fsp3) is 0.333. The lowest BCUT2D eigenvalue weighted by molar-refractivity contribution is -0.140. The predicted molar refractivity (Wildman–Crippen MR) is 104 cm³/mol. The molecule has 0 atom stereocenters. The molecule has 0 aliphatic rings. The van der Waals surface area contributed by atoms with Crippen molar-refractivity contribution in [1.82, 2.24) is 9.55 Å². The van der Waals surface area contributed by atoms with Crippen molar-refractivity contribution in [2.45, 2.75) is 25.7 Å². The van der Waals surface area contributed by atoms with E-state index in [4.69, 9.17) is 9.47 Å². The number of benzene rings is 2. The predicted octanol–water partition coefficient (Wildman–Crippen LogP) is 4.15. The van der Waals surface area contributed by atoms with E-state index in [0.29, 0.717) is 19.0 Å². The number of ether oxygens (including phenoxy) is 3. The van der Waals surface area contributed by atoms with Crippen LogP contribution in [-0.2, 0) is 9.53 Å². The second-order valence-corrected chi connectivity index (χ2v) is 6.16. The van der Waals surface area contributed by atoms with Gasteiger partial charge in [0.05, 0.1) is 37.5 Å². The highest BCUT2D eigenvalue weighted by molar-refractivity contribution is 5.80. The van der Waals surface area contributed by atoms with Crippen molar-refractivity contribution in [2.75, 3.05) is 20.8 Å². The zero-order valence-corrected chi connectivity index (χ0v) is 15.7. The molecule has 0 N–H and O–H groups in total. The van der Waals surface area contributed by atoms with Crippen LogP contribution in [0.15, 0.2) is 48.5 Å². The molecule has 0 fully saturated rings. The first-order valence-corrected chi connectivity index (χ1v) is 9.04. The summed E-state index contributed by atoms with van der Waals surface area (Å²) < 4.78 is 17.9. The van der Waals surface area contributed by atoms with Crippen LogP contribution in [0.2, 0.25) is 0 Å². The maximum atomic E-state index is 11.1. The summed E-state index contributed by atoms with van der Waals surface area (Å²) >= 11 is 0. The molecule has 2 aromatic carbocycles. The molecule has 0 unspecified atom stereocenters. The lowest BCUT2D eigenvalue weighted by Gasteiger charge is -2.09. The Labute approximate surface area is 158 Å². The van der Waals surface area contributed by atoms with Crippen LogP contribution in [0, 0.1) is 0 Å². The van der Waals surface area contributed by atoms with Crippen LogP contribution in [0.25, 0.3) is 16.7 Å². The minimum Gasteiger partial charge on any atom is -0.494 e. The first-order valence-electron chi connectivity index (χ1n) is 9.04. The van der Waals surface area contributed by atoms with Gasteiger partial charge in [0.1, 0.15) is 5.75 Å². The number of aromatic nitrogens is 2. The number of carbonyl (C=O) groups is 1. The minimum atomic E-state index is -0.163. The summed E-state index contributed by atoms with van der Waals surface area (Å²) in [5.74, 6) is 0.625. The van der Waals surface area contributed by atoms with Gasteiger partial charge in [0.15, 0.2) is 0 Å². The Morgan fingerprint density at radius 3 is 2.59 bits per heavy atom. The van der Waals surface area contributed by atoms with Gasteiger partial charge in [0.25, 0.3) is 0 Å². The monoisotopic (exact) mass is 368 g/mol. The summed E-state index contributed by atoms with van der Waals surface area (Å²) in [5, 5.41) is 0. The van der Waals surface area contributed by atoms with E-state index in [1.165, 1.54) is 7.11 Å². The molecule has 1 heterocycles. The SMILES string of the molecule is COC(=O)CCCCCOc1ccc2nc(OC)n(-c3ccccc3)c2c1. The Morgan fingerprint density at radius 1 is 1.04 bits per heavy atom. The summed E-state index contributed by atoms with van der Waals surface area (Å²) in [5.41, 5.74) is 2.76. The molecule has 0 amide bonds. The standard InChI is InChI=1S/C21H24N2O4/c1-25-20(24)11-7-4-8-14-27-17-12-13-18-19(15-17)23(21(22-18)26-2)16-9-5-3-6-10-16/h3,5-6,9-10,12-13,15H,4,7-8,11,14H2,1-2H3. The number of imidazole rings is 1.